The van der Waals surface area contributed by atoms with Gasteiger partial charge in [0.25, 0.3) is 0 Å². The van der Waals surface area contributed by atoms with Crippen molar-refractivity contribution in [3.05, 3.63) is 29.2 Å². The van der Waals surface area contributed by atoms with Crippen LogP contribution in [0.1, 0.15) is 23.0 Å². The van der Waals surface area contributed by atoms with E-state index >= 15 is 0 Å². The topological polar surface area (TPSA) is 99.0 Å². The van der Waals surface area contributed by atoms with E-state index in [1.165, 1.54) is 0 Å². The molecular formula is C12H17N5O2. The van der Waals surface area contributed by atoms with Crippen LogP contribution in [0, 0.1) is 20.8 Å². The van der Waals surface area contributed by atoms with Crippen molar-refractivity contribution in [2.24, 2.45) is 0 Å². The van der Waals surface area contributed by atoms with Crippen LogP contribution in [0.5, 0.6) is 0 Å². The van der Waals surface area contributed by atoms with E-state index in [0.29, 0.717) is 11.6 Å². The maximum Gasteiger partial charge on any atom is 0.242 e. The van der Waals surface area contributed by atoms with Crippen molar-refractivity contribution in [2.45, 2.75) is 33.9 Å². The molecule has 0 radical (unpaired) electrons. The number of hydrogen-bond donors (Lipinski definition) is 2. The second-order valence-corrected chi connectivity index (χ2v) is 4.38. The number of anilines is 1. The summed E-state index contributed by atoms with van der Waals surface area (Å²) in [5.41, 5.74) is 7.95. The highest BCUT2D eigenvalue weighted by atomic mass is 16.4. The van der Waals surface area contributed by atoms with Gasteiger partial charge < -0.3 is 15.5 Å². The highest BCUT2D eigenvalue weighted by Gasteiger charge is 2.11. The highest BCUT2D eigenvalue weighted by molar-refractivity contribution is 5.75. The van der Waals surface area contributed by atoms with E-state index in [9.17, 15) is 4.79 Å². The molecule has 0 unspecified atom stereocenters. The van der Waals surface area contributed by atoms with Gasteiger partial charge in [-0.15, -0.1) is 0 Å². The Morgan fingerprint density at radius 2 is 2.21 bits per heavy atom. The molecular weight excluding hydrogens is 246 g/mol. The van der Waals surface area contributed by atoms with Crippen LogP contribution < -0.4 is 11.1 Å². The van der Waals surface area contributed by atoms with Gasteiger partial charge in [-0.3, -0.25) is 9.48 Å². The molecule has 0 fully saturated rings. The smallest absolute Gasteiger partial charge is 0.242 e. The van der Waals surface area contributed by atoms with Gasteiger partial charge >= 0.3 is 0 Å². The van der Waals surface area contributed by atoms with E-state index in [0.717, 1.165) is 17.1 Å². The number of nitrogens with one attached hydrogen (secondary N) is 1. The molecule has 7 heteroatoms. The molecule has 1 amide bonds. The number of carbonyl (C=O) groups excluding carboxylic acids is 1. The fraction of sp³-hybridized carbons (Fsp3) is 0.417. The van der Waals surface area contributed by atoms with E-state index in [1.807, 2.05) is 13.8 Å². The zero-order valence-corrected chi connectivity index (χ0v) is 11.2. The Hall–Kier alpha value is -2.31. The van der Waals surface area contributed by atoms with Crippen molar-refractivity contribution >= 4 is 11.6 Å². The monoisotopic (exact) mass is 263 g/mol. The molecule has 102 valence electrons. The first-order valence-corrected chi connectivity index (χ1v) is 5.95. The Bertz CT molecular complexity index is 599. The van der Waals surface area contributed by atoms with Crippen molar-refractivity contribution in [2.75, 3.05) is 5.73 Å². The number of nitrogens with two attached hydrogens (primary N) is 1. The molecule has 0 aromatic carbocycles. The number of hydrogen-bond acceptors (Lipinski definition) is 5. The number of nitrogens with zero attached hydrogens (tertiary/aromatic N) is 3. The van der Waals surface area contributed by atoms with E-state index in [4.69, 9.17) is 10.2 Å². The molecule has 0 saturated carbocycles. The molecule has 0 saturated heterocycles. The van der Waals surface area contributed by atoms with E-state index < -0.39 is 0 Å². The molecule has 0 aliphatic carbocycles. The minimum atomic E-state index is -0.165. The van der Waals surface area contributed by atoms with Gasteiger partial charge in [-0.2, -0.15) is 5.10 Å². The van der Waals surface area contributed by atoms with Crippen LogP contribution in [0.4, 0.5) is 5.69 Å². The van der Waals surface area contributed by atoms with Gasteiger partial charge in [0, 0.05) is 0 Å². The number of oxazole rings is 1. The molecule has 0 spiro atoms. The summed E-state index contributed by atoms with van der Waals surface area (Å²) in [5, 5.41) is 6.92. The van der Waals surface area contributed by atoms with Crippen molar-refractivity contribution in [1.29, 1.82) is 0 Å². The maximum absolute atomic E-state index is 11.8. The van der Waals surface area contributed by atoms with Crippen molar-refractivity contribution in [1.82, 2.24) is 20.1 Å². The molecule has 0 aliphatic rings. The van der Waals surface area contributed by atoms with Gasteiger partial charge in [-0.25, -0.2) is 4.98 Å². The Balaban J connectivity index is 1.92. The molecule has 7 nitrogen and oxygen atoms in total. The minimum absolute atomic E-state index is 0.129. The lowest BCUT2D eigenvalue weighted by Gasteiger charge is -2.05. The number of aryl methyl sites for hydroxylation is 2. The van der Waals surface area contributed by atoms with E-state index in [2.05, 4.69) is 15.4 Å². The first-order valence-electron chi connectivity index (χ1n) is 5.95. The molecule has 2 heterocycles. The summed E-state index contributed by atoms with van der Waals surface area (Å²) >= 11 is 0. The number of amides is 1. The molecule has 19 heavy (non-hydrogen) atoms. The summed E-state index contributed by atoms with van der Waals surface area (Å²) in [4.78, 5) is 15.8. The number of carbonyl (C=O) groups is 1. The van der Waals surface area contributed by atoms with Crippen LogP contribution in [0.2, 0.25) is 0 Å². The summed E-state index contributed by atoms with van der Waals surface area (Å²) < 4.78 is 6.85. The minimum Gasteiger partial charge on any atom is -0.444 e. The fourth-order valence-electron chi connectivity index (χ4n) is 1.71. The average molecular weight is 263 g/mol. The van der Waals surface area contributed by atoms with Crippen molar-refractivity contribution in [3.63, 3.8) is 0 Å². The van der Waals surface area contributed by atoms with Crippen molar-refractivity contribution < 1.29 is 9.21 Å². The normalized spacial score (nSPS) is 10.7. The summed E-state index contributed by atoms with van der Waals surface area (Å²) in [7, 11) is 0. The molecule has 0 bridgehead atoms. The van der Waals surface area contributed by atoms with Gasteiger partial charge in [0.05, 0.1) is 29.8 Å². The maximum atomic E-state index is 11.8. The van der Waals surface area contributed by atoms with Crippen LogP contribution in [0.3, 0.4) is 0 Å². The summed E-state index contributed by atoms with van der Waals surface area (Å²) in [6, 6.07) is 0. The van der Waals surface area contributed by atoms with Crippen LogP contribution in [-0.4, -0.2) is 20.7 Å². The van der Waals surface area contributed by atoms with Gasteiger partial charge in [0.2, 0.25) is 11.8 Å². The molecule has 0 aliphatic heterocycles. The van der Waals surface area contributed by atoms with Gasteiger partial charge in [0.15, 0.2) is 0 Å². The first-order chi connectivity index (χ1) is 8.97. The summed E-state index contributed by atoms with van der Waals surface area (Å²) in [5.74, 6) is 1.04. The lowest BCUT2D eigenvalue weighted by molar-refractivity contribution is -0.122. The third-order valence-electron chi connectivity index (χ3n) is 2.84. The predicted molar refractivity (Wildman–Crippen MR) is 69.2 cm³/mol. The second kappa shape index (κ2) is 5.13. The Labute approximate surface area is 110 Å². The molecule has 2 aromatic rings. The predicted octanol–water partition coefficient (Wildman–Crippen LogP) is 0.695. The lowest BCUT2D eigenvalue weighted by Crippen LogP contribution is -2.28. The highest BCUT2D eigenvalue weighted by Crippen LogP contribution is 2.14. The molecule has 3 N–H and O–H groups in total. The second-order valence-electron chi connectivity index (χ2n) is 4.38. The largest absolute Gasteiger partial charge is 0.444 e. The van der Waals surface area contributed by atoms with Crippen LogP contribution in [0.15, 0.2) is 10.6 Å². The summed E-state index contributed by atoms with van der Waals surface area (Å²) in [6.45, 7) is 5.84. The van der Waals surface area contributed by atoms with E-state index in [1.54, 1.807) is 17.8 Å². The molecule has 0 atom stereocenters. The fourth-order valence-corrected chi connectivity index (χ4v) is 1.71. The van der Waals surface area contributed by atoms with Crippen LogP contribution >= 0.6 is 0 Å². The first kappa shape index (κ1) is 13.1. The Morgan fingerprint density at radius 1 is 1.47 bits per heavy atom. The van der Waals surface area contributed by atoms with Gasteiger partial charge in [0.1, 0.15) is 12.3 Å². The summed E-state index contributed by atoms with van der Waals surface area (Å²) in [6.07, 6.45) is 1.61. The SMILES string of the molecule is Cc1cnc(CNC(=O)Cn2nc(C)c(N)c2C)o1. The van der Waals surface area contributed by atoms with Crippen molar-refractivity contribution in [3.8, 4) is 0 Å². The number of rotatable bonds is 4. The van der Waals surface area contributed by atoms with Gasteiger partial charge in [-0.1, -0.05) is 0 Å². The Morgan fingerprint density at radius 3 is 2.74 bits per heavy atom. The number of nitrogen functional groups attached to an aromatic ring is 1. The third kappa shape index (κ3) is 2.93. The number of aromatic nitrogens is 3. The van der Waals surface area contributed by atoms with E-state index in [-0.39, 0.29) is 19.0 Å². The lowest BCUT2D eigenvalue weighted by atomic mass is 10.3. The zero-order chi connectivity index (χ0) is 14.0. The van der Waals surface area contributed by atoms with Crippen LogP contribution in [-0.2, 0) is 17.9 Å². The third-order valence-corrected chi connectivity index (χ3v) is 2.84. The average Bonchev–Trinajstić information content (AvgIpc) is 2.88. The van der Waals surface area contributed by atoms with Gasteiger partial charge in [-0.05, 0) is 20.8 Å². The molecule has 2 aromatic heterocycles. The standard InChI is InChI=1S/C12H17N5O2/c1-7-4-15-11(19-7)5-14-10(18)6-17-9(3)12(13)8(2)16-17/h4H,5-6,13H2,1-3H3,(H,14,18). The van der Waals surface area contributed by atoms with Crippen LogP contribution in [0.25, 0.3) is 0 Å². The quantitative estimate of drug-likeness (QED) is 0.845. The molecule has 2 rings (SSSR count). The zero-order valence-electron chi connectivity index (χ0n) is 11.2. The Kier molecular flexibility index (Phi) is 3.55.